The Hall–Kier alpha value is -2.93. The molecule has 2 N–H and O–H groups in total. The highest BCUT2D eigenvalue weighted by atomic mass is 35.5. The molecular formula is C21H22ClFN2O4. The van der Waals surface area contributed by atoms with Gasteiger partial charge < -0.3 is 15.4 Å². The number of hydrogen-bond donors (Lipinski definition) is 2. The number of halogens is 2. The molecule has 0 radical (unpaired) electrons. The fourth-order valence-electron chi connectivity index (χ4n) is 2.34. The molecule has 8 heteroatoms. The standard InChI is InChI=1S/C21H22ClFN2O4/c1-21(2,3)14-6-4-13(5-7-14)20(28)24-11-19(27)29-12-18(26)25-15-8-9-17(23)16(22)10-15/h4-10H,11-12H2,1-3H3,(H,24,28)(H,25,26). The molecule has 0 aliphatic carbocycles. The van der Waals surface area contributed by atoms with Crippen LogP contribution in [0.3, 0.4) is 0 Å². The van der Waals surface area contributed by atoms with Crippen molar-refractivity contribution in [2.24, 2.45) is 0 Å². The largest absolute Gasteiger partial charge is 0.454 e. The molecule has 2 aromatic carbocycles. The summed E-state index contributed by atoms with van der Waals surface area (Å²) in [7, 11) is 0. The van der Waals surface area contributed by atoms with Gasteiger partial charge in [0.05, 0.1) is 5.02 Å². The molecule has 0 fully saturated rings. The van der Waals surface area contributed by atoms with E-state index in [0.29, 0.717) is 5.56 Å². The van der Waals surface area contributed by atoms with E-state index in [0.717, 1.165) is 11.6 Å². The highest BCUT2D eigenvalue weighted by molar-refractivity contribution is 6.31. The second-order valence-corrected chi connectivity index (χ2v) is 7.75. The van der Waals surface area contributed by atoms with E-state index in [2.05, 4.69) is 31.4 Å². The molecule has 2 rings (SSSR count). The van der Waals surface area contributed by atoms with Crippen molar-refractivity contribution in [2.75, 3.05) is 18.5 Å². The molecule has 0 aliphatic rings. The number of carbonyl (C=O) groups is 3. The van der Waals surface area contributed by atoms with Crippen molar-refractivity contribution in [3.05, 3.63) is 64.4 Å². The van der Waals surface area contributed by atoms with Crippen LogP contribution < -0.4 is 10.6 Å². The molecular weight excluding hydrogens is 399 g/mol. The van der Waals surface area contributed by atoms with E-state index in [4.69, 9.17) is 16.3 Å². The van der Waals surface area contributed by atoms with Gasteiger partial charge in [-0.1, -0.05) is 44.5 Å². The Kier molecular flexibility index (Phi) is 7.34. The molecule has 29 heavy (non-hydrogen) atoms. The number of carbonyl (C=O) groups excluding carboxylic acids is 3. The van der Waals surface area contributed by atoms with Gasteiger partial charge in [0.2, 0.25) is 0 Å². The maximum Gasteiger partial charge on any atom is 0.325 e. The summed E-state index contributed by atoms with van der Waals surface area (Å²) in [5.74, 6) is -2.42. The summed E-state index contributed by atoms with van der Waals surface area (Å²) in [5, 5.41) is 4.72. The molecule has 0 spiro atoms. The average Bonchev–Trinajstić information content (AvgIpc) is 2.66. The van der Waals surface area contributed by atoms with Gasteiger partial charge in [-0.25, -0.2) is 4.39 Å². The van der Waals surface area contributed by atoms with Crippen LogP contribution in [-0.2, 0) is 19.7 Å². The predicted molar refractivity (Wildman–Crippen MR) is 108 cm³/mol. The van der Waals surface area contributed by atoms with E-state index in [-0.39, 0.29) is 22.7 Å². The first-order valence-corrected chi connectivity index (χ1v) is 9.23. The summed E-state index contributed by atoms with van der Waals surface area (Å²) in [6, 6.07) is 10.8. The van der Waals surface area contributed by atoms with Crippen LogP contribution in [0.15, 0.2) is 42.5 Å². The molecule has 0 aromatic heterocycles. The molecule has 0 unspecified atom stereocenters. The number of nitrogens with one attached hydrogen (secondary N) is 2. The molecule has 154 valence electrons. The summed E-state index contributed by atoms with van der Waals surface area (Å²) >= 11 is 5.63. The third-order valence-corrected chi connectivity index (χ3v) is 4.26. The van der Waals surface area contributed by atoms with Crippen LogP contribution in [0.5, 0.6) is 0 Å². The Balaban J connectivity index is 1.76. The van der Waals surface area contributed by atoms with Gasteiger partial charge in [0.15, 0.2) is 6.61 Å². The van der Waals surface area contributed by atoms with Gasteiger partial charge in [-0.15, -0.1) is 0 Å². The minimum absolute atomic E-state index is 0.0291. The Morgan fingerprint density at radius 2 is 1.72 bits per heavy atom. The maximum absolute atomic E-state index is 13.1. The lowest BCUT2D eigenvalue weighted by Gasteiger charge is -2.19. The Morgan fingerprint density at radius 3 is 2.31 bits per heavy atom. The van der Waals surface area contributed by atoms with Crippen LogP contribution in [0.25, 0.3) is 0 Å². The summed E-state index contributed by atoms with van der Waals surface area (Å²) in [6.07, 6.45) is 0. The zero-order chi connectivity index (χ0) is 21.6. The summed E-state index contributed by atoms with van der Waals surface area (Å²) in [5.41, 5.74) is 1.74. The van der Waals surface area contributed by atoms with Gasteiger partial charge in [0.25, 0.3) is 11.8 Å². The zero-order valence-electron chi connectivity index (χ0n) is 16.3. The van der Waals surface area contributed by atoms with Crippen molar-refractivity contribution in [2.45, 2.75) is 26.2 Å². The number of anilines is 1. The van der Waals surface area contributed by atoms with Crippen LogP contribution in [0.2, 0.25) is 5.02 Å². The zero-order valence-corrected chi connectivity index (χ0v) is 17.1. The first kappa shape index (κ1) is 22.4. The number of amides is 2. The van der Waals surface area contributed by atoms with Crippen molar-refractivity contribution in [1.82, 2.24) is 5.32 Å². The Bertz CT molecular complexity index is 908. The summed E-state index contributed by atoms with van der Waals surface area (Å²) in [6.45, 7) is 5.27. The number of esters is 1. The first-order valence-electron chi connectivity index (χ1n) is 8.85. The molecule has 0 atom stereocenters. The van der Waals surface area contributed by atoms with Crippen molar-refractivity contribution >= 4 is 35.1 Å². The molecule has 0 saturated heterocycles. The lowest BCUT2D eigenvalue weighted by molar-refractivity contribution is -0.146. The van der Waals surface area contributed by atoms with E-state index in [9.17, 15) is 18.8 Å². The van der Waals surface area contributed by atoms with Crippen LogP contribution >= 0.6 is 11.6 Å². The number of benzene rings is 2. The fourth-order valence-corrected chi connectivity index (χ4v) is 2.52. The molecule has 2 aromatic rings. The molecule has 0 aliphatic heterocycles. The van der Waals surface area contributed by atoms with Crippen molar-refractivity contribution in [3.8, 4) is 0 Å². The predicted octanol–water partition coefficient (Wildman–Crippen LogP) is 3.69. The minimum atomic E-state index is -0.767. The van der Waals surface area contributed by atoms with Gasteiger partial charge in [-0.05, 0) is 41.3 Å². The molecule has 0 heterocycles. The van der Waals surface area contributed by atoms with Gasteiger partial charge in [0, 0.05) is 11.3 Å². The van der Waals surface area contributed by atoms with Crippen LogP contribution in [0, 0.1) is 5.82 Å². The van der Waals surface area contributed by atoms with E-state index < -0.39 is 30.2 Å². The smallest absolute Gasteiger partial charge is 0.325 e. The highest BCUT2D eigenvalue weighted by Crippen LogP contribution is 2.22. The van der Waals surface area contributed by atoms with Gasteiger partial charge in [-0.3, -0.25) is 14.4 Å². The highest BCUT2D eigenvalue weighted by Gasteiger charge is 2.15. The summed E-state index contributed by atoms with van der Waals surface area (Å²) in [4.78, 5) is 35.6. The molecule has 6 nitrogen and oxygen atoms in total. The van der Waals surface area contributed by atoms with Crippen LogP contribution in [-0.4, -0.2) is 30.9 Å². The second-order valence-electron chi connectivity index (χ2n) is 7.35. The second kappa shape index (κ2) is 9.52. The lowest BCUT2D eigenvalue weighted by atomic mass is 9.87. The minimum Gasteiger partial charge on any atom is -0.454 e. The van der Waals surface area contributed by atoms with Crippen LogP contribution in [0.4, 0.5) is 10.1 Å². The van der Waals surface area contributed by atoms with Gasteiger partial charge in [0.1, 0.15) is 12.4 Å². The maximum atomic E-state index is 13.1. The van der Waals surface area contributed by atoms with Gasteiger partial charge in [-0.2, -0.15) is 0 Å². The average molecular weight is 421 g/mol. The fraction of sp³-hybridized carbons (Fsp3) is 0.286. The molecule has 0 saturated carbocycles. The van der Waals surface area contributed by atoms with Crippen LogP contribution in [0.1, 0.15) is 36.7 Å². The van der Waals surface area contributed by atoms with E-state index in [1.165, 1.54) is 12.1 Å². The lowest BCUT2D eigenvalue weighted by Crippen LogP contribution is -2.32. The summed E-state index contributed by atoms with van der Waals surface area (Å²) < 4.78 is 17.9. The van der Waals surface area contributed by atoms with Gasteiger partial charge >= 0.3 is 5.97 Å². The third-order valence-electron chi connectivity index (χ3n) is 3.97. The Morgan fingerprint density at radius 1 is 1.07 bits per heavy atom. The van der Waals surface area contributed by atoms with E-state index in [1.54, 1.807) is 12.1 Å². The normalized spacial score (nSPS) is 10.9. The number of rotatable bonds is 6. The quantitative estimate of drug-likeness (QED) is 0.698. The SMILES string of the molecule is CC(C)(C)c1ccc(C(=O)NCC(=O)OCC(=O)Nc2ccc(F)c(Cl)c2)cc1. The topological polar surface area (TPSA) is 84.5 Å². The van der Waals surface area contributed by atoms with E-state index in [1.807, 2.05) is 12.1 Å². The van der Waals surface area contributed by atoms with Crippen molar-refractivity contribution in [1.29, 1.82) is 0 Å². The number of hydrogen-bond acceptors (Lipinski definition) is 4. The molecule has 0 bridgehead atoms. The Labute approximate surface area is 173 Å². The van der Waals surface area contributed by atoms with Crippen molar-refractivity contribution in [3.63, 3.8) is 0 Å². The monoisotopic (exact) mass is 420 g/mol. The number of ether oxygens (including phenoxy) is 1. The van der Waals surface area contributed by atoms with E-state index >= 15 is 0 Å². The van der Waals surface area contributed by atoms with Crippen molar-refractivity contribution < 1.29 is 23.5 Å². The third kappa shape index (κ3) is 6.87. The first-order chi connectivity index (χ1) is 13.6. The molecule has 2 amide bonds.